The standard InChI is InChI=1S/C16H25N3O2/c20-16(17-14-5-2-1-3-6-14)19-10-8-18(9-11-19)13-15-7-4-12-21-15/h4,7,12,14H,1-3,5-6,8-11,13H2,(H,17,20)/p+1. The summed E-state index contributed by atoms with van der Waals surface area (Å²) >= 11 is 0. The van der Waals surface area contributed by atoms with Crippen LogP contribution < -0.4 is 10.2 Å². The van der Waals surface area contributed by atoms with E-state index >= 15 is 0 Å². The lowest BCUT2D eigenvalue weighted by Gasteiger charge is -2.33. The van der Waals surface area contributed by atoms with Crippen LogP contribution in [0.2, 0.25) is 0 Å². The van der Waals surface area contributed by atoms with Crippen LogP contribution in [0.15, 0.2) is 22.8 Å². The van der Waals surface area contributed by atoms with E-state index in [-0.39, 0.29) is 6.03 Å². The second kappa shape index (κ2) is 6.98. The maximum atomic E-state index is 12.3. The number of nitrogens with zero attached hydrogens (tertiary/aromatic N) is 1. The number of hydrogen-bond donors (Lipinski definition) is 2. The molecule has 1 aromatic heterocycles. The second-order valence-corrected chi connectivity index (χ2v) is 6.28. The number of amides is 2. The molecule has 0 unspecified atom stereocenters. The maximum Gasteiger partial charge on any atom is 0.318 e. The number of urea groups is 1. The highest BCUT2D eigenvalue weighted by atomic mass is 16.3. The predicted molar refractivity (Wildman–Crippen MR) is 80.1 cm³/mol. The lowest BCUT2D eigenvalue weighted by atomic mass is 9.96. The molecule has 1 saturated heterocycles. The molecule has 2 aliphatic rings. The van der Waals surface area contributed by atoms with Crippen LogP contribution in [0.3, 0.4) is 0 Å². The largest absolute Gasteiger partial charge is 0.463 e. The highest BCUT2D eigenvalue weighted by molar-refractivity contribution is 5.74. The van der Waals surface area contributed by atoms with Crippen molar-refractivity contribution >= 4 is 6.03 Å². The molecule has 0 atom stereocenters. The van der Waals surface area contributed by atoms with E-state index in [2.05, 4.69) is 5.32 Å². The molecular weight excluding hydrogens is 266 g/mol. The van der Waals surface area contributed by atoms with Gasteiger partial charge in [-0.15, -0.1) is 0 Å². The normalized spacial score (nSPS) is 21.4. The molecule has 21 heavy (non-hydrogen) atoms. The fourth-order valence-corrected chi connectivity index (χ4v) is 3.38. The summed E-state index contributed by atoms with van der Waals surface area (Å²) in [5.41, 5.74) is 0. The average molecular weight is 292 g/mol. The van der Waals surface area contributed by atoms with Gasteiger partial charge < -0.3 is 19.5 Å². The molecule has 1 aliphatic heterocycles. The fourth-order valence-electron chi connectivity index (χ4n) is 3.38. The first kappa shape index (κ1) is 14.4. The van der Waals surface area contributed by atoms with E-state index in [9.17, 15) is 4.79 Å². The summed E-state index contributed by atoms with van der Waals surface area (Å²) in [6, 6.07) is 4.50. The highest BCUT2D eigenvalue weighted by Gasteiger charge is 2.26. The van der Waals surface area contributed by atoms with Gasteiger partial charge in [-0.3, -0.25) is 0 Å². The summed E-state index contributed by atoms with van der Waals surface area (Å²) in [6.07, 6.45) is 7.85. The summed E-state index contributed by atoms with van der Waals surface area (Å²) in [4.78, 5) is 15.7. The van der Waals surface area contributed by atoms with Gasteiger partial charge in [0.05, 0.1) is 32.4 Å². The van der Waals surface area contributed by atoms with E-state index in [0.29, 0.717) is 6.04 Å². The number of nitrogens with one attached hydrogen (secondary N) is 2. The monoisotopic (exact) mass is 292 g/mol. The third-order valence-corrected chi connectivity index (χ3v) is 4.69. The number of rotatable bonds is 3. The first-order valence-corrected chi connectivity index (χ1v) is 8.22. The van der Waals surface area contributed by atoms with Crippen molar-refractivity contribution in [3.63, 3.8) is 0 Å². The van der Waals surface area contributed by atoms with Gasteiger partial charge in [-0.1, -0.05) is 19.3 Å². The Morgan fingerprint density at radius 3 is 2.71 bits per heavy atom. The van der Waals surface area contributed by atoms with Gasteiger partial charge >= 0.3 is 6.03 Å². The molecule has 116 valence electrons. The highest BCUT2D eigenvalue weighted by Crippen LogP contribution is 2.17. The Bertz CT molecular complexity index is 432. The van der Waals surface area contributed by atoms with Crippen LogP contribution in [-0.4, -0.2) is 43.2 Å². The van der Waals surface area contributed by atoms with Gasteiger partial charge in [-0.05, 0) is 25.0 Å². The van der Waals surface area contributed by atoms with Crippen LogP contribution in [-0.2, 0) is 6.54 Å². The van der Waals surface area contributed by atoms with E-state index in [1.54, 1.807) is 6.26 Å². The van der Waals surface area contributed by atoms with Crippen LogP contribution in [0.1, 0.15) is 37.9 Å². The Morgan fingerprint density at radius 2 is 2.05 bits per heavy atom. The molecule has 1 aliphatic carbocycles. The molecule has 2 fully saturated rings. The summed E-state index contributed by atoms with van der Waals surface area (Å²) in [5.74, 6) is 1.03. The van der Waals surface area contributed by atoms with Crippen LogP contribution in [0.5, 0.6) is 0 Å². The number of furan rings is 1. The summed E-state index contributed by atoms with van der Waals surface area (Å²) < 4.78 is 5.40. The Labute approximate surface area is 126 Å². The molecule has 3 rings (SSSR count). The lowest BCUT2D eigenvalue weighted by molar-refractivity contribution is -0.918. The van der Waals surface area contributed by atoms with Crippen molar-refractivity contribution in [1.82, 2.24) is 10.2 Å². The van der Waals surface area contributed by atoms with E-state index in [1.807, 2.05) is 17.0 Å². The summed E-state index contributed by atoms with van der Waals surface area (Å²) in [5, 5.41) is 3.21. The van der Waals surface area contributed by atoms with Gasteiger partial charge in [-0.25, -0.2) is 4.79 Å². The minimum Gasteiger partial charge on any atom is -0.463 e. The molecule has 0 spiro atoms. The number of piperazine rings is 1. The van der Waals surface area contributed by atoms with Crippen LogP contribution >= 0.6 is 0 Å². The summed E-state index contributed by atoms with van der Waals surface area (Å²) in [6.45, 7) is 4.60. The molecule has 2 amide bonds. The zero-order chi connectivity index (χ0) is 14.5. The van der Waals surface area contributed by atoms with Crippen molar-refractivity contribution in [2.75, 3.05) is 26.2 Å². The summed E-state index contributed by atoms with van der Waals surface area (Å²) in [7, 11) is 0. The topological polar surface area (TPSA) is 49.9 Å². The third kappa shape index (κ3) is 4.00. The molecule has 2 N–H and O–H groups in total. The minimum atomic E-state index is 0.138. The molecule has 0 radical (unpaired) electrons. The predicted octanol–water partition coefficient (Wildman–Crippen LogP) is 1.02. The third-order valence-electron chi connectivity index (χ3n) is 4.69. The molecule has 5 heteroatoms. The van der Waals surface area contributed by atoms with Crippen molar-refractivity contribution < 1.29 is 14.1 Å². The zero-order valence-corrected chi connectivity index (χ0v) is 12.6. The Morgan fingerprint density at radius 1 is 1.29 bits per heavy atom. The minimum absolute atomic E-state index is 0.138. The molecule has 0 bridgehead atoms. The first-order chi connectivity index (χ1) is 10.3. The first-order valence-electron chi connectivity index (χ1n) is 8.22. The Balaban J connectivity index is 1.41. The van der Waals surface area contributed by atoms with E-state index in [4.69, 9.17) is 4.42 Å². The van der Waals surface area contributed by atoms with Crippen molar-refractivity contribution in [3.05, 3.63) is 24.2 Å². The van der Waals surface area contributed by atoms with Crippen molar-refractivity contribution in [1.29, 1.82) is 0 Å². The number of quaternary nitrogens is 1. The van der Waals surface area contributed by atoms with Crippen molar-refractivity contribution in [2.24, 2.45) is 0 Å². The SMILES string of the molecule is O=C(NC1CCCCC1)N1CC[NH+](Cc2ccco2)CC1. The van der Waals surface area contributed by atoms with E-state index in [0.717, 1.165) is 51.3 Å². The van der Waals surface area contributed by atoms with Gasteiger partial charge in [0.1, 0.15) is 6.54 Å². The Hall–Kier alpha value is -1.49. The van der Waals surface area contributed by atoms with Gasteiger partial charge in [0.25, 0.3) is 0 Å². The van der Waals surface area contributed by atoms with Crippen LogP contribution in [0.25, 0.3) is 0 Å². The van der Waals surface area contributed by atoms with Gasteiger partial charge in [0.15, 0.2) is 5.76 Å². The van der Waals surface area contributed by atoms with E-state index in [1.165, 1.54) is 24.2 Å². The number of carbonyl (C=O) groups excluding carboxylic acids is 1. The molecule has 1 saturated carbocycles. The zero-order valence-electron chi connectivity index (χ0n) is 12.6. The average Bonchev–Trinajstić information content (AvgIpc) is 3.02. The van der Waals surface area contributed by atoms with Crippen LogP contribution in [0.4, 0.5) is 4.79 Å². The van der Waals surface area contributed by atoms with Gasteiger partial charge in [0, 0.05) is 6.04 Å². The molecule has 0 aromatic carbocycles. The maximum absolute atomic E-state index is 12.3. The second-order valence-electron chi connectivity index (χ2n) is 6.28. The lowest BCUT2D eigenvalue weighted by Crippen LogP contribution is -3.13. The van der Waals surface area contributed by atoms with Crippen molar-refractivity contribution in [2.45, 2.75) is 44.7 Å². The Kier molecular flexibility index (Phi) is 4.80. The molecule has 5 nitrogen and oxygen atoms in total. The molecule has 2 heterocycles. The quantitative estimate of drug-likeness (QED) is 0.874. The fraction of sp³-hybridized carbons (Fsp3) is 0.688. The van der Waals surface area contributed by atoms with Gasteiger partial charge in [-0.2, -0.15) is 0 Å². The molecular formula is C16H26N3O2+. The van der Waals surface area contributed by atoms with Crippen molar-refractivity contribution in [3.8, 4) is 0 Å². The van der Waals surface area contributed by atoms with Crippen LogP contribution in [0, 0.1) is 0 Å². The van der Waals surface area contributed by atoms with E-state index < -0.39 is 0 Å². The molecule has 1 aromatic rings. The van der Waals surface area contributed by atoms with Gasteiger partial charge in [0.2, 0.25) is 0 Å². The number of carbonyl (C=O) groups is 1. The number of hydrogen-bond acceptors (Lipinski definition) is 2. The smallest absolute Gasteiger partial charge is 0.318 e.